The van der Waals surface area contributed by atoms with Crippen LogP contribution in [0.15, 0.2) is 30.5 Å². The normalized spacial score (nSPS) is 22.6. The van der Waals surface area contributed by atoms with Crippen LogP contribution in [0.25, 0.3) is 0 Å². The van der Waals surface area contributed by atoms with Gasteiger partial charge in [-0.3, -0.25) is 0 Å². The molecule has 0 bridgehead atoms. The van der Waals surface area contributed by atoms with E-state index in [2.05, 4.69) is 23.4 Å². The number of allylic oxidation sites excluding steroid dienone is 1. The first-order valence-corrected chi connectivity index (χ1v) is 6.46. The van der Waals surface area contributed by atoms with E-state index >= 15 is 0 Å². The number of hydrogen-bond donors (Lipinski definition) is 0. The fourth-order valence-corrected chi connectivity index (χ4v) is 3.36. The van der Waals surface area contributed by atoms with E-state index < -0.39 is 0 Å². The first-order chi connectivity index (χ1) is 8.54. The van der Waals surface area contributed by atoms with Crippen molar-refractivity contribution >= 4 is 5.69 Å². The van der Waals surface area contributed by atoms with Crippen LogP contribution in [-0.4, -0.2) is 32.1 Å². The van der Waals surface area contributed by atoms with Gasteiger partial charge in [0.15, 0.2) is 0 Å². The fourth-order valence-electron chi connectivity index (χ4n) is 3.36. The van der Waals surface area contributed by atoms with Crippen LogP contribution in [0.4, 0.5) is 10.1 Å². The summed E-state index contributed by atoms with van der Waals surface area (Å²) >= 11 is 0. The molecular formula is C15H19FN2. The van der Waals surface area contributed by atoms with Gasteiger partial charge in [0.05, 0.1) is 0 Å². The lowest BCUT2D eigenvalue weighted by Crippen LogP contribution is -2.41. The van der Waals surface area contributed by atoms with Gasteiger partial charge < -0.3 is 9.80 Å². The number of halogens is 1. The summed E-state index contributed by atoms with van der Waals surface area (Å²) in [6, 6.07) is 5.12. The molecule has 2 heterocycles. The summed E-state index contributed by atoms with van der Waals surface area (Å²) in [5, 5.41) is 0. The third-order valence-electron chi connectivity index (χ3n) is 4.63. The van der Waals surface area contributed by atoms with Crippen molar-refractivity contribution in [2.75, 3.05) is 32.1 Å². The molecule has 0 radical (unpaired) electrons. The average molecular weight is 246 g/mol. The number of rotatable bonds is 0. The van der Waals surface area contributed by atoms with Crippen LogP contribution < -0.4 is 4.90 Å². The van der Waals surface area contributed by atoms with Crippen molar-refractivity contribution in [2.24, 2.45) is 0 Å². The summed E-state index contributed by atoms with van der Waals surface area (Å²) in [5.41, 5.74) is 3.32. The molecular weight excluding hydrogens is 227 g/mol. The summed E-state index contributed by atoms with van der Waals surface area (Å²) in [4.78, 5) is 4.45. The second-order valence-electron chi connectivity index (χ2n) is 5.55. The van der Waals surface area contributed by atoms with Crippen molar-refractivity contribution in [3.05, 3.63) is 41.9 Å². The summed E-state index contributed by atoms with van der Waals surface area (Å²) in [6.45, 7) is 6.36. The lowest BCUT2D eigenvalue weighted by atomic mass is 9.72. The number of piperidine rings is 1. The van der Waals surface area contributed by atoms with Gasteiger partial charge in [-0.2, -0.15) is 0 Å². The minimum atomic E-state index is -0.143. The zero-order chi connectivity index (χ0) is 12.9. The maximum Gasteiger partial charge on any atom is 0.123 e. The van der Waals surface area contributed by atoms with Crippen molar-refractivity contribution in [1.29, 1.82) is 0 Å². The Morgan fingerprint density at radius 1 is 1.22 bits per heavy atom. The number of anilines is 1. The molecule has 0 N–H and O–H groups in total. The first kappa shape index (κ1) is 11.7. The highest BCUT2D eigenvalue weighted by Crippen LogP contribution is 2.52. The van der Waals surface area contributed by atoms with E-state index in [1.807, 2.05) is 13.1 Å². The molecule has 0 amide bonds. The molecule has 2 aliphatic heterocycles. The molecule has 1 fully saturated rings. The molecule has 0 saturated carbocycles. The summed E-state index contributed by atoms with van der Waals surface area (Å²) in [6.07, 6.45) is 2.06. The number of likely N-dealkylation sites (N-methyl/N-ethyl adjacent to an activating group) is 1. The van der Waals surface area contributed by atoms with Crippen molar-refractivity contribution in [2.45, 2.75) is 18.3 Å². The molecule has 1 aromatic carbocycles. The van der Waals surface area contributed by atoms with Gasteiger partial charge in [-0.1, -0.05) is 6.58 Å². The van der Waals surface area contributed by atoms with Crippen molar-refractivity contribution in [3.8, 4) is 0 Å². The average Bonchev–Trinajstić information content (AvgIpc) is 2.56. The molecule has 0 atom stereocenters. The molecule has 2 nitrogen and oxygen atoms in total. The Morgan fingerprint density at radius 2 is 1.89 bits per heavy atom. The van der Waals surface area contributed by atoms with E-state index in [0.717, 1.165) is 42.9 Å². The molecule has 96 valence electrons. The van der Waals surface area contributed by atoms with Gasteiger partial charge in [-0.15, -0.1) is 0 Å². The first-order valence-electron chi connectivity index (χ1n) is 6.46. The van der Waals surface area contributed by atoms with E-state index in [1.165, 1.54) is 6.07 Å². The number of likely N-dealkylation sites (tertiary alicyclic amines) is 1. The maximum atomic E-state index is 13.6. The highest BCUT2D eigenvalue weighted by molar-refractivity contribution is 5.70. The lowest BCUT2D eigenvalue weighted by molar-refractivity contribution is 0.213. The van der Waals surface area contributed by atoms with Crippen LogP contribution in [0.3, 0.4) is 0 Å². The third kappa shape index (κ3) is 1.43. The Hall–Kier alpha value is -1.35. The lowest BCUT2D eigenvalue weighted by Gasteiger charge is -2.39. The predicted octanol–water partition coefficient (Wildman–Crippen LogP) is 2.75. The van der Waals surface area contributed by atoms with Gasteiger partial charge >= 0.3 is 0 Å². The Balaban J connectivity index is 2.11. The van der Waals surface area contributed by atoms with Crippen molar-refractivity contribution in [1.82, 2.24) is 4.90 Å². The van der Waals surface area contributed by atoms with E-state index in [0.29, 0.717) is 0 Å². The van der Waals surface area contributed by atoms with E-state index in [-0.39, 0.29) is 11.2 Å². The van der Waals surface area contributed by atoms with Gasteiger partial charge in [-0.25, -0.2) is 4.39 Å². The molecule has 3 rings (SSSR count). The Kier molecular flexibility index (Phi) is 2.49. The highest BCUT2D eigenvalue weighted by atomic mass is 19.1. The molecule has 18 heavy (non-hydrogen) atoms. The second-order valence-corrected chi connectivity index (χ2v) is 5.55. The number of fused-ring (bicyclic) bond motifs is 2. The topological polar surface area (TPSA) is 6.48 Å². The Labute approximate surface area is 108 Å². The second kappa shape index (κ2) is 3.82. The quantitative estimate of drug-likeness (QED) is 0.694. The third-order valence-corrected chi connectivity index (χ3v) is 4.63. The van der Waals surface area contributed by atoms with Crippen LogP contribution >= 0.6 is 0 Å². The minimum absolute atomic E-state index is 0.0430. The van der Waals surface area contributed by atoms with Gasteiger partial charge in [-0.05, 0) is 56.7 Å². The molecule has 1 spiro atoms. The number of benzene rings is 1. The number of hydrogen-bond acceptors (Lipinski definition) is 2. The molecule has 1 aromatic rings. The minimum Gasteiger partial charge on any atom is -0.348 e. The standard InChI is InChI=1S/C15H19FN2/c1-11-15(6-8-17(2)9-7-15)13-10-12(16)4-5-14(13)18(11)3/h4-5,10H,1,6-9H2,2-3H3. The van der Waals surface area contributed by atoms with Gasteiger partial charge in [0, 0.05) is 23.8 Å². The molecule has 0 aliphatic carbocycles. The largest absolute Gasteiger partial charge is 0.348 e. The number of nitrogens with zero attached hydrogens (tertiary/aromatic N) is 2. The molecule has 0 unspecified atom stereocenters. The summed E-state index contributed by atoms with van der Waals surface area (Å²) in [7, 11) is 4.17. The summed E-state index contributed by atoms with van der Waals surface area (Å²) in [5.74, 6) is -0.143. The molecule has 1 saturated heterocycles. The van der Waals surface area contributed by atoms with Gasteiger partial charge in [0.1, 0.15) is 5.82 Å². The molecule has 0 aromatic heterocycles. The molecule has 2 aliphatic rings. The van der Waals surface area contributed by atoms with Crippen LogP contribution in [0, 0.1) is 5.82 Å². The van der Waals surface area contributed by atoms with Crippen LogP contribution in [0.1, 0.15) is 18.4 Å². The SMILES string of the molecule is C=C1N(C)c2ccc(F)cc2C12CCN(C)CC2. The Bertz CT molecular complexity index is 501. The zero-order valence-corrected chi connectivity index (χ0v) is 11.0. The van der Waals surface area contributed by atoms with E-state index in [1.54, 1.807) is 6.07 Å². The molecule has 3 heteroatoms. The van der Waals surface area contributed by atoms with Crippen molar-refractivity contribution in [3.63, 3.8) is 0 Å². The van der Waals surface area contributed by atoms with Crippen LogP contribution in [-0.2, 0) is 5.41 Å². The maximum absolute atomic E-state index is 13.6. The monoisotopic (exact) mass is 246 g/mol. The van der Waals surface area contributed by atoms with E-state index in [9.17, 15) is 4.39 Å². The smallest absolute Gasteiger partial charge is 0.123 e. The summed E-state index contributed by atoms with van der Waals surface area (Å²) < 4.78 is 13.6. The van der Waals surface area contributed by atoms with Crippen LogP contribution in [0.2, 0.25) is 0 Å². The van der Waals surface area contributed by atoms with Crippen LogP contribution in [0.5, 0.6) is 0 Å². The van der Waals surface area contributed by atoms with Gasteiger partial charge in [0.2, 0.25) is 0 Å². The Morgan fingerprint density at radius 3 is 2.56 bits per heavy atom. The predicted molar refractivity (Wildman–Crippen MR) is 72.4 cm³/mol. The highest BCUT2D eigenvalue weighted by Gasteiger charge is 2.46. The fraction of sp³-hybridized carbons (Fsp3) is 0.467. The van der Waals surface area contributed by atoms with Crippen molar-refractivity contribution < 1.29 is 4.39 Å². The van der Waals surface area contributed by atoms with Gasteiger partial charge in [0.25, 0.3) is 0 Å². The van der Waals surface area contributed by atoms with E-state index in [4.69, 9.17) is 0 Å². The zero-order valence-electron chi connectivity index (χ0n) is 11.0.